The summed E-state index contributed by atoms with van der Waals surface area (Å²) in [6.07, 6.45) is 0.413. The van der Waals surface area contributed by atoms with Gasteiger partial charge in [0.1, 0.15) is 5.82 Å². The van der Waals surface area contributed by atoms with Crippen molar-refractivity contribution in [3.63, 3.8) is 0 Å². The fraction of sp³-hybridized carbons (Fsp3) is 0.200. The van der Waals surface area contributed by atoms with Crippen LogP contribution in [0.3, 0.4) is 0 Å². The van der Waals surface area contributed by atoms with Crippen LogP contribution in [0.25, 0.3) is 0 Å². The summed E-state index contributed by atoms with van der Waals surface area (Å²) < 4.78 is 32.4. The van der Waals surface area contributed by atoms with E-state index in [0.29, 0.717) is 16.5 Å². The highest BCUT2D eigenvalue weighted by Crippen LogP contribution is 2.24. The first-order valence-electron chi connectivity index (χ1n) is 6.03. The Balaban J connectivity index is 2.18. The quantitative estimate of drug-likeness (QED) is 0.912. The zero-order valence-electron chi connectivity index (χ0n) is 10.9. The maximum absolute atomic E-state index is 13.6. The van der Waals surface area contributed by atoms with Crippen LogP contribution < -0.4 is 10.5 Å². The molecule has 20 heavy (non-hydrogen) atoms. The van der Waals surface area contributed by atoms with Gasteiger partial charge < -0.3 is 10.5 Å². The van der Waals surface area contributed by atoms with Crippen LogP contribution in [-0.2, 0) is 6.42 Å². The molecule has 0 amide bonds. The third kappa shape index (κ3) is 3.55. The maximum Gasteiger partial charge on any atom is 0.165 e. The van der Waals surface area contributed by atoms with Crippen LogP contribution in [0.15, 0.2) is 40.9 Å². The highest BCUT2D eigenvalue weighted by atomic mass is 79.9. The van der Waals surface area contributed by atoms with Crippen molar-refractivity contribution in [1.82, 2.24) is 0 Å². The lowest BCUT2D eigenvalue weighted by molar-refractivity contribution is 0.386. The average molecular weight is 342 g/mol. The summed E-state index contributed by atoms with van der Waals surface area (Å²) in [7, 11) is 1.41. The van der Waals surface area contributed by atoms with Crippen LogP contribution in [-0.4, -0.2) is 7.11 Å². The molecule has 0 aliphatic carbocycles. The molecular weight excluding hydrogens is 328 g/mol. The number of benzene rings is 2. The van der Waals surface area contributed by atoms with Gasteiger partial charge in [0, 0.05) is 10.5 Å². The van der Waals surface area contributed by atoms with Crippen molar-refractivity contribution < 1.29 is 13.5 Å². The fourth-order valence-corrected chi connectivity index (χ4v) is 2.48. The van der Waals surface area contributed by atoms with Crippen LogP contribution >= 0.6 is 15.9 Å². The summed E-state index contributed by atoms with van der Waals surface area (Å²) in [5.41, 5.74) is 7.44. The largest absolute Gasteiger partial charge is 0.494 e. The number of hydrogen-bond donors (Lipinski definition) is 1. The Kier molecular flexibility index (Phi) is 4.73. The molecule has 2 aromatic rings. The van der Waals surface area contributed by atoms with E-state index >= 15 is 0 Å². The molecule has 2 N–H and O–H groups in total. The minimum atomic E-state index is -0.433. The van der Waals surface area contributed by atoms with Crippen molar-refractivity contribution in [3.05, 3.63) is 63.6 Å². The lowest BCUT2D eigenvalue weighted by Gasteiger charge is -2.13. The smallest absolute Gasteiger partial charge is 0.165 e. The number of ether oxygens (including phenoxy) is 1. The first-order chi connectivity index (χ1) is 9.49. The van der Waals surface area contributed by atoms with Gasteiger partial charge >= 0.3 is 0 Å². The van der Waals surface area contributed by atoms with Gasteiger partial charge in [-0.25, -0.2) is 8.78 Å². The Hall–Kier alpha value is -1.46. The molecule has 2 rings (SSSR count). The molecule has 1 atom stereocenters. The maximum atomic E-state index is 13.6. The third-order valence-corrected chi connectivity index (χ3v) is 3.44. The summed E-state index contributed by atoms with van der Waals surface area (Å²) in [6, 6.07) is 8.78. The number of hydrogen-bond acceptors (Lipinski definition) is 2. The van der Waals surface area contributed by atoms with Gasteiger partial charge in [0.05, 0.1) is 7.11 Å². The number of methoxy groups -OCH3 is 1. The minimum absolute atomic E-state index is 0.191. The van der Waals surface area contributed by atoms with Crippen LogP contribution in [0, 0.1) is 11.6 Å². The van der Waals surface area contributed by atoms with E-state index in [2.05, 4.69) is 15.9 Å². The highest BCUT2D eigenvalue weighted by Gasteiger charge is 2.11. The zero-order chi connectivity index (χ0) is 14.7. The number of rotatable bonds is 4. The second-order valence-corrected chi connectivity index (χ2v) is 5.40. The predicted octanol–water partition coefficient (Wildman–Crippen LogP) is 3.98. The first kappa shape index (κ1) is 14.9. The van der Waals surface area contributed by atoms with Gasteiger partial charge in [-0.1, -0.05) is 22.0 Å². The molecule has 106 valence electrons. The van der Waals surface area contributed by atoms with Gasteiger partial charge in [0.2, 0.25) is 0 Å². The van der Waals surface area contributed by atoms with E-state index < -0.39 is 11.9 Å². The predicted molar refractivity (Wildman–Crippen MR) is 77.7 cm³/mol. The summed E-state index contributed by atoms with van der Waals surface area (Å²) >= 11 is 3.23. The summed E-state index contributed by atoms with van der Waals surface area (Å²) in [6.45, 7) is 0. The van der Waals surface area contributed by atoms with E-state index in [1.54, 1.807) is 18.2 Å². The Labute approximate surface area is 124 Å². The van der Waals surface area contributed by atoms with Crippen molar-refractivity contribution in [2.24, 2.45) is 5.73 Å². The van der Waals surface area contributed by atoms with Gasteiger partial charge in [-0.3, -0.25) is 0 Å². The molecule has 0 fully saturated rings. The van der Waals surface area contributed by atoms with E-state index in [4.69, 9.17) is 10.5 Å². The van der Waals surface area contributed by atoms with Gasteiger partial charge in [0.25, 0.3) is 0 Å². The normalized spacial score (nSPS) is 12.2. The van der Waals surface area contributed by atoms with E-state index in [0.717, 1.165) is 5.56 Å². The molecule has 1 unspecified atom stereocenters. The summed E-state index contributed by atoms with van der Waals surface area (Å²) in [5.74, 6) is -0.598. The third-order valence-electron chi connectivity index (χ3n) is 2.98. The van der Waals surface area contributed by atoms with Gasteiger partial charge in [-0.2, -0.15) is 0 Å². The van der Waals surface area contributed by atoms with Gasteiger partial charge in [-0.15, -0.1) is 0 Å². The van der Waals surface area contributed by atoms with E-state index in [1.165, 1.54) is 25.3 Å². The number of nitrogens with two attached hydrogens (primary N) is 1. The second kappa shape index (κ2) is 6.33. The second-order valence-electron chi connectivity index (χ2n) is 4.48. The van der Waals surface area contributed by atoms with Crippen LogP contribution in [0.1, 0.15) is 17.2 Å². The molecule has 2 nitrogen and oxygen atoms in total. The Morgan fingerprint density at radius 1 is 1.20 bits per heavy atom. The Bertz CT molecular complexity index is 599. The molecule has 0 heterocycles. The molecule has 0 bridgehead atoms. The minimum Gasteiger partial charge on any atom is -0.494 e. The highest BCUT2D eigenvalue weighted by molar-refractivity contribution is 9.10. The SMILES string of the molecule is COc1ccc(CC(N)c2cc(F)cc(Br)c2)cc1F. The van der Waals surface area contributed by atoms with Crippen molar-refractivity contribution in [2.45, 2.75) is 12.5 Å². The molecule has 0 aliphatic heterocycles. The zero-order valence-corrected chi connectivity index (χ0v) is 12.5. The fourth-order valence-electron chi connectivity index (χ4n) is 2.00. The molecule has 0 saturated heterocycles. The summed E-state index contributed by atoms with van der Waals surface area (Å²) in [4.78, 5) is 0. The Morgan fingerprint density at radius 2 is 1.95 bits per heavy atom. The first-order valence-corrected chi connectivity index (χ1v) is 6.83. The molecule has 0 spiro atoms. The van der Waals surface area contributed by atoms with Gasteiger partial charge in [-0.05, 0) is 47.9 Å². The van der Waals surface area contributed by atoms with E-state index in [9.17, 15) is 8.78 Å². The number of halogens is 3. The molecule has 2 aromatic carbocycles. The van der Waals surface area contributed by atoms with Gasteiger partial charge in [0.15, 0.2) is 11.6 Å². The lowest BCUT2D eigenvalue weighted by Crippen LogP contribution is -2.13. The van der Waals surface area contributed by atoms with Crippen LogP contribution in [0.4, 0.5) is 8.78 Å². The standard InChI is InChI=1S/C15H14BrF2NO/c1-20-15-3-2-9(4-13(15)18)5-14(19)10-6-11(16)8-12(17)7-10/h2-4,6-8,14H,5,19H2,1H3. The van der Waals surface area contributed by atoms with Crippen molar-refractivity contribution in [1.29, 1.82) is 0 Å². The molecule has 0 radical (unpaired) electrons. The van der Waals surface area contributed by atoms with Crippen molar-refractivity contribution in [3.8, 4) is 5.75 Å². The Morgan fingerprint density at radius 3 is 2.55 bits per heavy atom. The van der Waals surface area contributed by atoms with Crippen molar-refractivity contribution >= 4 is 15.9 Å². The molecule has 0 aromatic heterocycles. The van der Waals surface area contributed by atoms with E-state index in [1.807, 2.05) is 0 Å². The molecular formula is C15H14BrF2NO. The topological polar surface area (TPSA) is 35.2 Å². The average Bonchev–Trinajstić information content (AvgIpc) is 2.37. The summed E-state index contributed by atoms with van der Waals surface area (Å²) in [5, 5.41) is 0. The monoisotopic (exact) mass is 341 g/mol. The molecule has 5 heteroatoms. The molecule has 0 saturated carbocycles. The molecule has 0 aliphatic rings. The van der Waals surface area contributed by atoms with Crippen LogP contribution in [0.5, 0.6) is 5.75 Å². The van der Waals surface area contributed by atoms with Crippen molar-refractivity contribution in [2.75, 3.05) is 7.11 Å². The lowest BCUT2D eigenvalue weighted by atomic mass is 9.99. The van der Waals surface area contributed by atoms with Crippen LogP contribution in [0.2, 0.25) is 0 Å². The van der Waals surface area contributed by atoms with E-state index in [-0.39, 0.29) is 11.6 Å².